The number of unbranched alkanes of at least 4 members (excludes halogenated alkanes) is 21. The van der Waals surface area contributed by atoms with Crippen LogP contribution in [0.15, 0.2) is 182 Å². The smallest absolute Gasteiger partial charge is 0.246 e. The monoisotopic (exact) mass is 1430 g/mol. The summed E-state index contributed by atoms with van der Waals surface area (Å²) in [6.45, 7) is 5.53. The van der Waals surface area contributed by atoms with E-state index >= 15 is 0 Å². The molecule has 0 aliphatic heterocycles. The minimum absolute atomic E-state index is 0. The summed E-state index contributed by atoms with van der Waals surface area (Å²) in [6, 6.07) is 67.5. The van der Waals surface area contributed by atoms with Gasteiger partial charge in [0.25, 0.3) is 0 Å². The van der Waals surface area contributed by atoms with Crippen molar-refractivity contribution in [3.8, 4) is 0 Å². The molecule has 17 heteroatoms. The number of ketones is 1. The number of nitrogens with zero attached hydrogens (tertiary/aromatic N) is 4. The molecular weight excluding hydrogens is 1320 g/mol. The molecule has 0 spiro atoms. The number of halogens is 2. The molecule has 0 atom stereocenters. The molecule has 542 valence electrons. The molecule has 0 aliphatic carbocycles. The van der Waals surface area contributed by atoms with Gasteiger partial charge in [-0.15, -0.1) is 0 Å². The topological polar surface area (TPSA) is 171 Å². The number of hydroxylamine groups is 6. The first-order chi connectivity index (χ1) is 47.4. The maximum Gasteiger partial charge on any atom is 0.246 e. The molecule has 0 bridgehead atoms. The van der Waals surface area contributed by atoms with Crippen LogP contribution >= 0.6 is 14.5 Å². The number of nitrogens with one attached hydrogen (secondary N) is 1. The molecule has 6 rings (SSSR count). The second-order valence-corrected chi connectivity index (χ2v) is 33.7. The van der Waals surface area contributed by atoms with Crippen LogP contribution in [-0.2, 0) is 24.0 Å². The molecule has 6 aromatic rings. The number of rotatable bonds is 53. The van der Waals surface area contributed by atoms with Crippen LogP contribution in [0.3, 0.4) is 0 Å². The Morgan fingerprint density at radius 1 is 0.303 bits per heavy atom. The summed E-state index contributed by atoms with van der Waals surface area (Å²) in [5.74, 6) is -1.68. The SMILES string of the molecule is CC(=O)N(O)CCCCCCC(=O)CCC(=O)N(O)CCCCCNC(=O)CCC(=O)N(O)CCCCCN(CCCCCCCCCC[P+](c1ccccc1)(c1ccccc1)c1ccccc1)CCCCCCCCCC[P+](c1ccccc1)(c1ccccc1)c1ccccc1.[Cl-].[Cl-]. The van der Waals surface area contributed by atoms with Crippen molar-refractivity contribution in [1.82, 2.24) is 25.4 Å². The number of carbonyl (C=O) groups is 5. The highest BCUT2D eigenvalue weighted by atomic mass is 35.5. The van der Waals surface area contributed by atoms with Gasteiger partial charge in [0.1, 0.15) is 52.1 Å². The van der Waals surface area contributed by atoms with Crippen molar-refractivity contribution in [2.24, 2.45) is 0 Å². The fourth-order valence-corrected chi connectivity index (χ4v) is 22.3. The van der Waals surface area contributed by atoms with Crippen LogP contribution in [0.1, 0.15) is 206 Å². The van der Waals surface area contributed by atoms with E-state index in [2.05, 4.69) is 192 Å². The second kappa shape index (κ2) is 51.3. The van der Waals surface area contributed by atoms with Gasteiger partial charge < -0.3 is 35.0 Å². The summed E-state index contributed by atoms with van der Waals surface area (Å²) in [5, 5.41) is 44.0. The van der Waals surface area contributed by atoms with Gasteiger partial charge in [0.05, 0.1) is 12.3 Å². The van der Waals surface area contributed by atoms with E-state index in [9.17, 15) is 39.6 Å². The zero-order valence-electron chi connectivity index (χ0n) is 59.4. The molecule has 13 nitrogen and oxygen atoms in total. The van der Waals surface area contributed by atoms with Gasteiger partial charge in [-0.3, -0.25) is 39.6 Å². The van der Waals surface area contributed by atoms with Gasteiger partial charge in [-0.05, 0) is 176 Å². The minimum Gasteiger partial charge on any atom is -1.00 e. The van der Waals surface area contributed by atoms with E-state index < -0.39 is 32.2 Å². The van der Waals surface area contributed by atoms with Gasteiger partial charge in [0.15, 0.2) is 0 Å². The molecule has 0 aliphatic rings. The zero-order chi connectivity index (χ0) is 68.9. The highest BCUT2D eigenvalue weighted by Gasteiger charge is 2.46. The van der Waals surface area contributed by atoms with Crippen molar-refractivity contribution in [3.63, 3.8) is 0 Å². The van der Waals surface area contributed by atoms with Gasteiger partial charge in [0.2, 0.25) is 23.6 Å². The van der Waals surface area contributed by atoms with Crippen LogP contribution in [0.5, 0.6) is 0 Å². The Morgan fingerprint density at radius 3 is 0.899 bits per heavy atom. The van der Waals surface area contributed by atoms with E-state index in [0.717, 1.165) is 50.4 Å². The highest BCUT2D eigenvalue weighted by molar-refractivity contribution is 7.96. The molecule has 99 heavy (non-hydrogen) atoms. The molecule has 6 aromatic carbocycles. The van der Waals surface area contributed by atoms with Crippen LogP contribution in [-0.4, -0.2) is 123 Å². The quantitative estimate of drug-likeness (QED) is 0.0126. The average molecular weight is 1430 g/mol. The van der Waals surface area contributed by atoms with Crippen LogP contribution in [0.2, 0.25) is 0 Å². The average Bonchev–Trinajstić information content (AvgIpc) is 0.849. The van der Waals surface area contributed by atoms with Crippen molar-refractivity contribution in [3.05, 3.63) is 182 Å². The predicted molar refractivity (Wildman–Crippen MR) is 404 cm³/mol. The maximum absolute atomic E-state index is 12.8. The lowest BCUT2D eigenvalue weighted by molar-refractivity contribution is -0.166. The predicted octanol–water partition coefficient (Wildman–Crippen LogP) is 9.74. The number of carbonyl (C=O) groups excluding carboxylic acids is 5. The summed E-state index contributed by atoms with van der Waals surface area (Å²) >= 11 is 0. The molecule has 0 saturated heterocycles. The normalized spacial score (nSPS) is 11.4. The molecular formula is C82H117Cl2N5O8P2. The van der Waals surface area contributed by atoms with Crippen molar-refractivity contribution in [2.75, 3.05) is 58.1 Å². The van der Waals surface area contributed by atoms with Crippen LogP contribution in [0.4, 0.5) is 0 Å². The summed E-state index contributed by atoms with van der Waals surface area (Å²) in [4.78, 5) is 63.8. The Morgan fingerprint density at radius 2 is 0.566 bits per heavy atom. The Balaban J connectivity index is 0.0000104. The molecule has 0 unspecified atom stereocenters. The molecule has 4 amide bonds. The summed E-state index contributed by atoms with van der Waals surface area (Å²) in [6.07, 6.45) is 29.9. The lowest BCUT2D eigenvalue weighted by atomic mass is 10.1. The molecule has 0 heterocycles. The van der Waals surface area contributed by atoms with E-state index in [1.54, 1.807) is 0 Å². The van der Waals surface area contributed by atoms with Crippen LogP contribution < -0.4 is 62.0 Å². The number of amides is 4. The van der Waals surface area contributed by atoms with Gasteiger partial charge in [-0.2, -0.15) is 0 Å². The van der Waals surface area contributed by atoms with Crippen molar-refractivity contribution in [1.29, 1.82) is 0 Å². The Bertz CT molecular complexity index is 2750. The minimum atomic E-state index is -1.79. The third kappa shape index (κ3) is 31.5. The van der Waals surface area contributed by atoms with Gasteiger partial charge >= 0.3 is 0 Å². The van der Waals surface area contributed by atoms with E-state index in [1.807, 2.05) is 0 Å². The molecule has 0 radical (unpaired) electrons. The van der Waals surface area contributed by atoms with Gasteiger partial charge in [0, 0.05) is 65.2 Å². The Labute approximate surface area is 608 Å². The maximum atomic E-state index is 12.8. The first-order valence-electron chi connectivity index (χ1n) is 37.0. The molecule has 4 N–H and O–H groups in total. The number of benzene rings is 6. The first-order valence-corrected chi connectivity index (χ1v) is 40.9. The molecule has 0 aromatic heterocycles. The van der Waals surface area contributed by atoms with E-state index in [0.29, 0.717) is 61.6 Å². The van der Waals surface area contributed by atoms with Crippen LogP contribution in [0.25, 0.3) is 0 Å². The second-order valence-electron chi connectivity index (χ2n) is 26.4. The molecule has 0 fully saturated rings. The fraction of sp³-hybridized carbons (Fsp3) is 0.500. The zero-order valence-corrected chi connectivity index (χ0v) is 62.7. The van der Waals surface area contributed by atoms with Crippen molar-refractivity contribution >= 4 is 75.8 Å². The van der Waals surface area contributed by atoms with Crippen molar-refractivity contribution < 1.29 is 64.4 Å². The molecule has 0 saturated carbocycles. The Kier molecular flexibility index (Phi) is 44.3. The fourth-order valence-electron chi connectivity index (χ4n) is 13.4. The third-order valence-corrected chi connectivity index (χ3v) is 28.1. The van der Waals surface area contributed by atoms with Crippen molar-refractivity contribution in [2.45, 2.75) is 206 Å². The van der Waals surface area contributed by atoms with Gasteiger partial charge in [-0.25, -0.2) is 15.2 Å². The number of hydrogen-bond acceptors (Lipinski definition) is 9. The lowest BCUT2D eigenvalue weighted by Gasteiger charge is -2.27. The standard InChI is InChI=1S/C82H116N5O8P2.2ClH/c1-72(88)85(93)67-41-13-10-24-46-73(89)59-61-81(91)86(94)68-42-22-37-63-83-80(90)60-62-82(92)87(95)69-43-23-40-66-84(64-38-11-6-2-4-8-14-44-70-96(74-47-25-16-26-48-74,75-49-27-17-28-50-75)76-51-29-18-30-52-76)65-39-12-7-3-5-9-15-45-71-97(77-53-31-19-32-54-77,78-55-33-20-34-56-78)79-57-35-21-36-58-79;;/h16-21,25-36,47-58,93-95H,2-15,22-24,37-46,59-71H2,1H3;2*1H/q+1;;/p-1. The number of hydrogen-bond donors (Lipinski definition) is 4. The largest absolute Gasteiger partial charge is 1.00 e. The third-order valence-electron chi connectivity index (χ3n) is 19.0. The lowest BCUT2D eigenvalue weighted by Crippen LogP contribution is -3.00. The van der Waals surface area contributed by atoms with E-state index in [4.69, 9.17) is 0 Å². The van der Waals surface area contributed by atoms with Gasteiger partial charge in [-0.1, -0.05) is 193 Å². The summed E-state index contributed by atoms with van der Waals surface area (Å²) in [5.41, 5.74) is 0. The first kappa shape index (κ1) is 85.6. The Hall–Kier alpha value is -5.85. The number of Topliss-reactive ketones (excluding diaryl/α,β-unsaturated/α-hetero) is 1. The summed E-state index contributed by atoms with van der Waals surface area (Å²) < 4.78 is 0. The highest BCUT2D eigenvalue weighted by Crippen LogP contribution is 2.57. The van der Waals surface area contributed by atoms with E-state index in [1.165, 1.54) is 154 Å². The van der Waals surface area contributed by atoms with E-state index in [-0.39, 0.29) is 81.8 Å². The van der Waals surface area contributed by atoms with Crippen LogP contribution in [0, 0.1) is 0 Å². The summed E-state index contributed by atoms with van der Waals surface area (Å²) in [7, 11) is -3.58.